The van der Waals surface area contributed by atoms with Crippen molar-refractivity contribution in [2.24, 2.45) is 11.8 Å². The molecule has 0 spiro atoms. The fourth-order valence-corrected chi connectivity index (χ4v) is 3.96. The van der Waals surface area contributed by atoms with Crippen LogP contribution in [0.2, 0.25) is 0 Å². The van der Waals surface area contributed by atoms with E-state index in [1.54, 1.807) is 13.8 Å². The minimum absolute atomic E-state index is 0.174. The van der Waals surface area contributed by atoms with Crippen molar-refractivity contribution in [1.82, 2.24) is 9.88 Å². The van der Waals surface area contributed by atoms with Gasteiger partial charge in [0.05, 0.1) is 5.56 Å². The van der Waals surface area contributed by atoms with Gasteiger partial charge in [0.1, 0.15) is 6.04 Å². The summed E-state index contributed by atoms with van der Waals surface area (Å²) in [6.45, 7) is 4.51. The first-order chi connectivity index (χ1) is 12.5. The highest BCUT2D eigenvalue weighted by atomic mass is 16.4. The summed E-state index contributed by atoms with van der Waals surface area (Å²) in [6.07, 6.45) is 8.26. The number of para-hydroxylation sites is 1. The van der Waals surface area contributed by atoms with Crippen LogP contribution in [0, 0.1) is 11.8 Å². The van der Waals surface area contributed by atoms with E-state index in [2.05, 4.69) is 9.88 Å². The van der Waals surface area contributed by atoms with Gasteiger partial charge in [-0.2, -0.15) is 0 Å². The zero-order valence-corrected chi connectivity index (χ0v) is 15.6. The van der Waals surface area contributed by atoms with Gasteiger partial charge in [-0.15, -0.1) is 0 Å². The standard InChI is InChI=1S/C21H28N2O3/c1-14(2)19(21(25)26)22-20(24)17-13-23(12-15-8-4-3-5-9-15)18-11-7-6-10-16(17)18/h6-7,10-11,13-15,19H,3-5,8-9,12H2,1-2H3,(H,22,24)(H,25,26)/t19-/m0/s1. The molecule has 5 nitrogen and oxygen atoms in total. The molecule has 3 rings (SSSR count). The van der Waals surface area contributed by atoms with Gasteiger partial charge in [0.2, 0.25) is 0 Å². The Kier molecular flexibility index (Phi) is 5.64. The average Bonchev–Trinajstić information content (AvgIpc) is 2.99. The van der Waals surface area contributed by atoms with E-state index in [0.29, 0.717) is 11.5 Å². The second-order valence-corrected chi connectivity index (χ2v) is 7.75. The third kappa shape index (κ3) is 3.92. The maximum Gasteiger partial charge on any atom is 0.326 e. The van der Waals surface area contributed by atoms with Crippen LogP contribution in [0.4, 0.5) is 0 Å². The molecule has 1 aliphatic carbocycles. The van der Waals surface area contributed by atoms with Crippen LogP contribution in [-0.2, 0) is 11.3 Å². The number of rotatable bonds is 6. The quantitative estimate of drug-likeness (QED) is 0.820. The van der Waals surface area contributed by atoms with Crippen LogP contribution >= 0.6 is 0 Å². The molecule has 1 amide bonds. The molecule has 0 bridgehead atoms. The predicted octanol–water partition coefficient (Wildman–Crippen LogP) is 4.06. The van der Waals surface area contributed by atoms with Crippen LogP contribution in [0.1, 0.15) is 56.3 Å². The molecule has 1 saturated carbocycles. The molecule has 1 aromatic heterocycles. The number of carboxylic acids is 1. The van der Waals surface area contributed by atoms with Crippen LogP contribution in [-0.4, -0.2) is 27.6 Å². The van der Waals surface area contributed by atoms with Crippen molar-refractivity contribution >= 4 is 22.8 Å². The zero-order chi connectivity index (χ0) is 18.7. The number of hydrogen-bond acceptors (Lipinski definition) is 2. The van der Waals surface area contributed by atoms with E-state index in [9.17, 15) is 14.7 Å². The molecule has 2 N–H and O–H groups in total. The monoisotopic (exact) mass is 356 g/mol. The van der Waals surface area contributed by atoms with Crippen LogP contribution in [0.5, 0.6) is 0 Å². The van der Waals surface area contributed by atoms with Crippen molar-refractivity contribution in [2.45, 2.75) is 58.5 Å². The highest BCUT2D eigenvalue weighted by Gasteiger charge is 2.26. The predicted molar refractivity (Wildman–Crippen MR) is 102 cm³/mol. The van der Waals surface area contributed by atoms with Gasteiger partial charge < -0.3 is 15.0 Å². The molecule has 140 valence electrons. The van der Waals surface area contributed by atoms with E-state index in [1.165, 1.54) is 32.1 Å². The van der Waals surface area contributed by atoms with Gasteiger partial charge in [-0.1, -0.05) is 51.3 Å². The van der Waals surface area contributed by atoms with E-state index in [4.69, 9.17) is 0 Å². The average molecular weight is 356 g/mol. The molecule has 1 fully saturated rings. The van der Waals surface area contributed by atoms with Gasteiger partial charge in [-0.3, -0.25) is 4.79 Å². The highest BCUT2D eigenvalue weighted by molar-refractivity contribution is 6.07. The Morgan fingerprint density at radius 3 is 2.54 bits per heavy atom. The topological polar surface area (TPSA) is 71.3 Å². The van der Waals surface area contributed by atoms with Crippen LogP contribution in [0.15, 0.2) is 30.5 Å². The summed E-state index contributed by atoms with van der Waals surface area (Å²) in [7, 11) is 0. The number of nitrogens with zero attached hydrogens (tertiary/aromatic N) is 1. The highest BCUT2D eigenvalue weighted by Crippen LogP contribution is 2.28. The molecule has 0 unspecified atom stereocenters. The van der Waals surface area contributed by atoms with E-state index in [-0.39, 0.29) is 11.8 Å². The minimum Gasteiger partial charge on any atom is -0.480 e. The Morgan fingerprint density at radius 2 is 1.88 bits per heavy atom. The maximum atomic E-state index is 12.8. The smallest absolute Gasteiger partial charge is 0.326 e. The third-order valence-electron chi connectivity index (χ3n) is 5.43. The molecule has 26 heavy (non-hydrogen) atoms. The van der Waals surface area contributed by atoms with Gasteiger partial charge in [-0.05, 0) is 30.7 Å². The molecule has 1 atom stereocenters. The lowest BCUT2D eigenvalue weighted by Crippen LogP contribution is -2.44. The van der Waals surface area contributed by atoms with E-state index < -0.39 is 12.0 Å². The number of nitrogens with one attached hydrogen (secondary N) is 1. The second-order valence-electron chi connectivity index (χ2n) is 7.75. The number of hydrogen-bond donors (Lipinski definition) is 2. The number of fused-ring (bicyclic) bond motifs is 1. The van der Waals surface area contributed by atoms with Gasteiger partial charge in [0.15, 0.2) is 0 Å². The molecule has 1 aliphatic rings. The SMILES string of the molecule is CC(C)[C@H](NC(=O)c1cn(CC2CCCCC2)c2ccccc12)C(=O)O. The van der Waals surface area contributed by atoms with Crippen LogP contribution in [0.25, 0.3) is 10.9 Å². The first-order valence-electron chi connectivity index (χ1n) is 9.59. The number of amides is 1. The number of carboxylic acid groups (broad SMARTS) is 1. The fourth-order valence-electron chi connectivity index (χ4n) is 3.96. The summed E-state index contributed by atoms with van der Waals surface area (Å²) in [5, 5.41) is 12.9. The number of carbonyl (C=O) groups is 2. The summed E-state index contributed by atoms with van der Waals surface area (Å²) in [5.41, 5.74) is 1.60. The Balaban J connectivity index is 1.88. The number of aliphatic carboxylic acids is 1. The Hall–Kier alpha value is -2.30. The molecule has 1 aromatic carbocycles. The molecule has 0 saturated heterocycles. The largest absolute Gasteiger partial charge is 0.480 e. The second kappa shape index (κ2) is 7.94. The minimum atomic E-state index is -1.00. The molecular weight excluding hydrogens is 328 g/mol. The van der Waals surface area contributed by atoms with Crippen molar-refractivity contribution in [3.8, 4) is 0 Å². The Labute approximate surface area is 154 Å². The van der Waals surface area contributed by atoms with Gasteiger partial charge in [0, 0.05) is 23.6 Å². The molecule has 2 aromatic rings. The summed E-state index contributed by atoms with van der Waals surface area (Å²) in [5.74, 6) is -0.839. The van der Waals surface area contributed by atoms with Crippen molar-refractivity contribution in [2.75, 3.05) is 0 Å². The van der Waals surface area contributed by atoms with Crippen LogP contribution < -0.4 is 5.32 Å². The molecule has 0 radical (unpaired) electrons. The molecule has 1 heterocycles. The van der Waals surface area contributed by atoms with Crippen molar-refractivity contribution in [1.29, 1.82) is 0 Å². The lowest BCUT2D eigenvalue weighted by Gasteiger charge is -2.22. The van der Waals surface area contributed by atoms with Crippen molar-refractivity contribution < 1.29 is 14.7 Å². The molecule has 0 aliphatic heterocycles. The lowest BCUT2D eigenvalue weighted by molar-refractivity contribution is -0.140. The number of aromatic nitrogens is 1. The van der Waals surface area contributed by atoms with E-state index in [0.717, 1.165) is 17.4 Å². The fraction of sp³-hybridized carbons (Fsp3) is 0.524. The van der Waals surface area contributed by atoms with E-state index in [1.807, 2.05) is 30.5 Å². The van der Waals surface area contributed by atoms with E-state index >= 15 is 0 Å². The Bertz CT molecular complexity index is 788. The Morgan fingerprint density at radius 1 is 1.19 bits per heavy atom. The molecular formula is C21H28N2O3. The zero-order valence-electron chi connectivity index (χ0n) is 15.6. The number of carbonyl (C=O) groups excluding carboxylic acids is 1. The van der Waals surface area contributed by atoms with Crippen molar-refractivity contribution in [3.63, 3.8) is 0 Å². The summed E-state index contributed by atoms with van der Waals surface area (Å²) < 4.78 is 2.17. The number of benzene rings is 1. The summed E-state index contributed by atoms with van der Waals surface area (Å²) in [4.78, 5) is 24.2. The summed E-state index contributed by atoms with van der Waals surface area (Å²) >= 11 is 0. The summed E-state index contributed by atoms with van der Waals surface area (Å²) in [6, 6.07) is 6.98. The van der Waals surface area contributed by atoms with Crippen molar-refractivity contribution in [3.05, 3.63) is 36.0 Å². The maximum absolute atomic E-state index is 12.8. The molecule has 5 heteroatoms. The normalized spacial score (nSPS) is 16.7. The van der Waals surface area contributed by atoms with Gasteiger partial charge in [0.25, 0.3) is 5.91 Å². The first kappa shape index (κ1) is 18.5. The van der Waals surface area contributed by atoms with Gasteiger partial charge >= 0.3 is 5.97 Å². The third-order valence-corrected chi connectivity index (χ3v) is 5.43. The lowest BCUT2D eigenvalue weighted by atomic mass is 9.89. The van der Waals surface area contributed by atoms with Gasteiger partial charge in [-0.25, -0.2) is 4.79 Å². The first-order valence-corrected chi connectivity index (χ1v) is 9.59. The van der Waals surface area contributed by atoms with Crippen LogP contribution in [0.3, 0.4) is 0 Å².